The van der Waals surface area contributed by atoms with Gasteiger partial charge in [-0.05, 0) is 74.1 Å². The average molecular weight is 413 g/mol. The van der Waals surface area contributed by atoms with Crippen LogP contribution in [0.15, 0.2) is 23.6 Å². The van der Waals surface area contributed by atoms with Crippen LogP contribution in [0.25, 0.3) is 0 Å². The summed E-state index contributed by atoms with van der Waals surface area (Å²) in [6.07, 6.45) is 5.62. The molecule has 0 saturated heterocycles. The normalized spacial score (nSPS) is 22.7. The first-order valence-electron chi connectivity index (χ1n) is 10.4. The highest BCUT2D eigenvalue weighted by Crippen LogP contribution is 2.49. The van der Waals surface area contributed by atoms with E-state index in [2.05, 4.69) is 4.98 Å². The van der Waals surface area contributed by atoms with E-state index in [-0.39, 0.29) is 18.5 Å². The molecule has 0 N–H and O–H groups in total. The lowest BCUT2D eigenvalue weighted by Crippen LogP contribution is -2.22. The molecular weight excluding hydrogens is 384 g/mol. The molecule has 5 nitrogen and oxygen atoms in total. The Morgan fingerprint density at radius 2 is 2.03 bits per heavy atom. The first-order chi connectivity index (χ1) is 13.9. The minimum atomic E-state index is -0.130. The number of thiazole rings is 1. The lowest BCUT2D eigenvalue weighted by Gasteiger charge is -2.20. The van der Waals surface area contributed by atoms with Crippen molar-refractivity contribution in [2.45, 2.75) is 59.5 Å². The molecule has 0 spiro atoms. The number of amides is 1. The van der Waals surface area contributed by atoms with Crippen LogP contribution >= 0.6 is 11.3 Å². The van der Waals surface area contributed by atoms with Gasteiger partial charge in [0.1, 0.15) is 6.61 Å². The number of hydrogen-bond donors (Lipinski definition) is 0. The van der Waals surface area contributed by atoms with Crippen molar-refractivity contribution in [1.82, 2.24) is 4.98 Å². The number of hydrogen-bond acceptors (Lipinski definition) is 5. The van der Waals surface area contributed by atoms with Crippen LogP contribution in [0.2, 0.25) is 0 Å². The summed E-state index contributed by atoms with van der Waals surface area (Å²) in [6.45, 7) is 5.77. The molecule has 6 heteroatoms. The van der Waals surface area contributed by atoms with Crippen molar-refractivity contribution in [3.8, 4) is 0 Å². The molecule has 2 aliphatic carbocycles. The number of carbonyl (C=O) groups is 2. The minimum Gasteiger partial charge on any atom is -0.459 e. The second-order valence-electron chi connectivity index (χ2n) is 8.54. The summed E-state index contributed by atoms with van der Waals surface area (Å²) in [5, 5.41) is 2.46. The largest absolute Gasteiger partial charge is 0.459 e. The number of ether oxygens (including phenoxy) is 1. The fourth-order valence-electron chi connectivity index (χ4n) is 4.81. The van der Waals surface area contributed by atoms with Crippen molar-refractivity contribution in [1.29, 1.82) is 0 Å². The van der Waals surface area contributed by atoms with Crippen molar-refractivity contribution in [3.63, 3.8) is 0 Å². The summed E-state index contributed by atoms with van der Waals surface area (Å²) in [5.74, 6) is 1.84. The van der Waals surface area contributed by atoms with E-state index in [9.17, 15) is 9.59 Å². The smallest absolute Gasteiger partial charge is 0.306 e. The molecule has 3 atom stereocenters. The van der Waals surface area contributed by atoms with E-state index >= 15 is 0 Å². The molecule has 1 amide bonds. The Labute approximate surface area is 176 Å². The van der Waals surface area contributed by atoms with Crippen molar-refractivity contribution < 1.29 is 14.3 Å². The maximum atomic E-state index is 12.3. The standard InChI is InChI=1S/C23H28N2O3S/c1-14-4-7-21(8-15(14)2)25(16(3)26)23-24-20(13-29-23)12-28-22(27)11-19-10-17-5-6-18(19)9-17/h4,7-8,13,17-19H,5-6,9-12H2,1-3H3/t17-,18-,19+/m1/s1. The third kappa shape index (κ3) is 4.37. The Morgan fingerprint density at radius 1 is 1.21 bits per heavy atom. The van der Waals surface area contributed by atoms with Crippen molar-refractivity contribution >= 4 is 34.0 Å². The molecule has 2 aromatic rings. The molecule has 1 heterocycles. The van der Waals surface area contributed by atoms with Crippen molar-refractivity contribution in [2.24, 2.45) is 17.8 Å². The summed E-state index contributed by atoms with van der Waals surface area (Å²) >= 11 is 1.39. The first-order valence-corrected chi connectivity index (χ1v) is 11.3. The average Bonchev–Trinajstić information content (AvgIpc) is 3.40. The van der Waals surface area contributed by atoms with E-state index in [1.807, 2.05) is 37.4 Å². The zero-order valence-corrected chi connectivity index (χ0v) is 18.1. The molecule has 154 valence electrons. The molecule has 4 rings (SSSR count). The summed E-state index contributed by atoms with van der Waals surface area (Å²) in [4.78, 5) is 30.7. The second kappa shape index (κ2) is 8.27. The van der Waals surface area contributed by atoms with Crippen molar-refractivity contribution in [3.05, 3.63) is 40.4 Å². The van der Waals surface area contributed by atoms with Crippen LogP contribution < -0.4 is 4.90 Å². The number of carbonyl (C=O) groups excluding carboxylic acids is 2. The van der Waals surface area contributed by atoms with E-state index in [1.54, 1.807) is 4.90 Å². The van der Waals surface area contributed by atoms with E-state index in [1.165, 1.54) is 49.5 Å². The van der Waals surface area contributed by atoms with Gasteiger partial charge in [0.2, 0.25) is 5.91 Å². The second-order valence-corrected chi connectivity index (χ2v) is 9.38. The van der Waals surface area contributed by atoms with Crippen LogP contribution in [-0.2, 0) is 20.9 Å². The van der Waals surface area contributed by atoms with Gasteiger partial charge in [0, 0.05) is 18.7 Å². The molecule has 29 heavy (non-hydrogen) atoms. The van der Waals surface area contributed by atoms with Gasteiger partial charge in [-0.3, -0.25) is 14.5 Å². The number of fused-ring (bicyclic) bond motifs is 2. The minimum absolute atomic E-state index is 0.0950. The summed E-state index contributed by atoms with van der Waals surface area (Å²) in [7, 11) is 0. The highest BCUT2D eigenvalue weighted by molar-refractivity contribution is 7.14. The fraction of sp³-hybridized carbons (Fsp3) is 0.522. The van der Waals surface area contributed by atoms with Gasteiger partial charge in [-0.2, -0.15) is 0 Å². The van der Waals surface area contributed by atoms with E-state index in [4.69, 9.17) is 4.74 Å². The highest BCUT2D eigenvalue weighted by Gasteiger charge is 2.40. The van der Waals surface area contributed by atoms with Gasteiger partial charge in [-0.1, -0.05) is 12.5 Å². The quantitative estimate of drug-likeness (QED) is 0.603. The Balaban J connectivity index is 1.38. The maximum absolute atomic E-state index is 12.3. The number of benzene rings is 1. The third-order valence-corrected chi connectivity index (χ3v) is 7.36. The van der Waals surface area contributed by atoms with Crippen LogP contribution in [-0.4, -0.2) is 16.9 Å². The molecule has 0 unspecified atom stereocenters. The molecule has 2 fully saturated rings. The number of aromatic nitrogens is 1. The number of nitrogens with zero attached hydrogens (tertiary/aromatic N) is 2. The van der Waals surface area contributed by atoms with E-state index < -0.39 is 0 Å². The van der Waals surface area contributed by atoms with E-state index in [0.717, 1.165) is 23.1 Å². The number of aryl methyl sites for hydroxylation is 2. The van der Waals surface area contributed by atoms with Gasteiger partial charge in [0.15, 0.2) is 5.13 Å². The molecule has 2 bridgehead atoms. The van der Waals surface area contributed by atoms with Crippen LogP contribution in [0.4, 0.5) is 10.8 Å². The van der Waals surface area contributed by atoms with Gasteiger partial charge in [-0.15, -0.1) is 11.3 Å². The Morgan fingerprint density at radius 3 is 2.69 bits per heavy atom. The Hall–Kier alpha value is -2.21. The van der Waals surface area contributed by atoms with E-state index in [0.29, 0.717) is 23.2 Å². The summed E-state index contributed by atoms with van der Waals surface area (Å²) < 4.78 is 5.49. The molecular formula is C23H28N2O3S. The molecule has 1 aromatic heterocycles. The van der Waals surface area contributed by atoms with Crippen LogP contribution in [0.1, 0.15) is 55.8 Å². The van der Waals surface area contributed by atoms with Crippen LogP contribution in [0.5, 0.6) is 0 Å². The first kappa shape index (κ1) is 20.1. The lowest BCUT2D eigenvalue weighted by atomic mass is 9.86. The zero-order valence-electron chi connectivity index (χ0n) is 17.3. The molecule has 1 aromatic carbocycles. The maximum Gasteiger partial charge on any atom is 0.306 e. The van der Waals surface area contributed by atoms with Crippen molar-refractivity contribution in [2.75, 3.05) is 4.90 Å². The molecule has 0 aliphatic heterocycles. The van der Waals surface area contributed by atoms with Gasteiger partial charge in [0.05, 0.1) is 11.4 Å². The summed E-state index contributed by atoms with van der Waals surface area (Å²) in [5.41, 5.74) is 3.79. The monoisotopic (exact) mass is 412 g/mol. The Bertz CT molecular complexity index is 923. The SMILES string of the molecule is CC(=O)N(c1ccc(C)c(C)c1)c1nc(COC(=O)C[C@@H]2C[C@@H]3CC[C@@H]2C3)cs1. The van der Waals surface area contributed by atoms with Gasteiger partial charge >= 0.3 is 5.97 Å². The van der Waals surface area contributed by atoms with Gasteiger partial charge in [0.25, 0.3) is 0 Å². The Kier molecular flexibility index (Phi) is 5.72. The molecule has 0 radical (unpaired) electrons. The summed E-state index contributed by atoms with van der Waals surface area (Å²) in [6, 6.07) is 5.93. The highest BCUT2D eigenvalue weighted by atomic mass is 32.1. The fourth-order valence-corrected chi connectivity index (χ4v) is 5.68. The lowest BCUT2D eigenvalue weighted by molar-refractivity contribution is -0.146. The van der Waals surface area contributed by atoms with Crippen LogP contribution in [0.3, 0.4) is 0 Å². The predicted molar refractivity (Wildman–Crippen MR) is 114 cm³/mol. The number of esters is 1. The third-order valence-electron chi connectivity index (χ3n) is 6.49. The van der Waals surface area contributed by atoms with Crippen LogP contribution in [0, 0.1) is 31.6 Å². The molecule has 2 saturated carbocycles. The van der Waals surface area contributed by atoms with Gasteiger partial charge < -0.3 is 4.74 Å². The molecule has 2 aliphatic rings. The zero-order chi connectivity index (χ0) is 20.5. The van der Waals surface area contributed by atoms with Gasteiger partial charge in [-0.25, -0.2) is 4.98 Å². The number of rotatable bonds is 6. The predicted octanol–water partition coefficient (Wildman–Crippen LogP) is 5.31. The number of anilines is 2. The topological polar surface area (TPSA) is 59.5 Å².